The van der Waals surface area contributed by atoms with Crippen LogP contribution in [-0.2, 0) is 0 Å². The Morgan fingerprint density at radius 1 is 0.405 bits per heavy atom. The molecular formula is C39H25N3. The maximum Gasteiger partial charge on any atom is 0.0970 e. The summed E-state index contributed by atoms with van der Waals surface area (Å²) < 4.78 is 4.79. The highest BCUT2D eigenvalue weighted by molar-refractivity contribution is 6.18. The Morgan fingerprint density at radius 3 is 1.81 bits per heavy atom. The predicted molar refractivity (Wildman–Crippen MR) is 176 cm³/mol. The predicted octanol–water partition coefficient (Wildman–Crippen LogP) is 10.1. The van der Waals surface area contributed by atoms with E-state index in [-0.39, 0.29) is 0 Å². The zero-order valence-electron chi connectivity index (χ0n) is 22.8. The SMILES string of the molecule is c1ccc(-n2c3ccccc3c3ccnc(-c4cccc5c6ccccc6n(-c6ccc7ccccc7c6)c45)c32)cc1. The molecule has 6 aromatic carbocycles. The van der Waals surface area contributed by atoms with Crippen molar-refractivity contribution in [3.05, 3.63) is 152 Å². The highest BCUT2D eigenvalue weighted by Crippen LogP contribution is 2.42. The lowest BCUT2D eigenvalue weighted by Gasteiger charge is -2.14. The first kappa shape index (κ1) is 23.1. The van der Waals surface area contributed by atoms with Crippen molar-refractivity contribution < 1.29 is 0 Å². The van der Waals surface area contributed by atoms with Gasteiger partial charge in [0.25, 0.3) is 0 Å². The summed E-state index contributed by atoms with van der Waals surface area (Å²) in [6.07, 6.45) is 1.96. The van der Waals surface area contributed by atoms with Gasteiger partial charge in [-0.3, -0.25) is 4.98 Å². The molecule has 42 heavy (non-hydrogen) atoms. The number of rotatable bonds is 3. The molecule has 3 heterocycles. The third kappa shape index (κ3) is 3.25. The van der Waals surface area contributed by atoms with Crippen LogP contribution in [0.15, 0.2) is 152 Å². The van der Waals surface area contributed by atoms with Gasteiger partial charge in [0.05, 0.1) is 27.8 Å². The maximum atomic E-state index is 5.13. The van der Waals surface area contributed by atoms with Crippen LogP contribution >= 0.6 is 0 Å². The molecule has 196 valence electrons. The molecule has 0 saturated carbocycles. The van der Waals surface area contributed by atoms with Gasteiger partial charge in [0, 0.05) is 44.7 Å². The molecule has 0 aliphatic rings. The second-order valence-corrected chi connectivity index (χ2v) is 10.8. The molecule has 0 atom stereocenters. The first-order valence-corrected chi connectivity index (χ1v) is 14.3. The Morgan fingerprint density at radius 2 is 1.02 bits per heavy atom. The van der Waals surface area contributed by atoms with Crippen LogP contribution in [0.25, 0.3) is 77.0 Å². The number of nitrogens with zero attached hydrogens (tertiary/aromatic N) is 3. The molecule has 3 heteroatoms. The van der Waals surface area contributed by atoms with Crippen LogP contribution in [-0.4, -0.2) is 14.1 Å². The van der Waals surface area contributed by atoms with Crippen LogP contribution in [0.5, 0.6) is 0 Å². The lowest BCUT2D eigenvalue weighted by atomic mass is 10.0. The van der Waals surface area contributed by atoms with Gasteiger partial charge in [0.1, 0.15) is 0 Å². The van der Waals surface area contributed by atoms with Crippen molar-refractivity contribution in [3.8, 4) is 22.6 Å². The Bertz CT molecular complexity index is 2460. The summed E-state index contributed by atoms with van der Waals surface area (Å²) in [5.74, 6) is 0. The fourth-order valence-corrected chi connectivity index (χ4v) is 6.75. The monoisotopic (exact) mass is 535 g/mol. The topological polar surface area (TPSA) is 22.8 Å². The van der Waals surface area contributed by atoms with Crippen LogP contribution < -0.4 is 0 Å². The van der Waals surface area contributed by atoms with Crippen molar-refractivity contribution in [1.82, 2.24) is 14.1 Å². The molecule has 0 aliphatic heterocycles. The van der Waals surface area contributed by atoms with Crippen LogP contribution in [0.2, 0.25) is 0 Å². The van der Waals surface area contributed by atoms with Crippen molar-refractivity contribution in [2.45, 2.75) is 0 Å². The molecule has 9 aromatic rings. The molecule has 0 N–H and O–H groups in total. The molecule has 0 bridgehead atoms. The number of pyridine rings is 1. The van der Waals surface area contributed by atoms with E-state index in [1.807, 2.05) is 6.20 Å². The summed E-state index contributed by atoms with van der Waals surface area (Å²) in [4.78, 5) is 5.13. The van der Waals surface area contributed by atoms with E-state index < -0.39 is 0 Å². The lowest BCUT2D eigenvalue weighted by Crippen LogP contribution is -1.99. The van der Waals surface area contributed by atoms with Crippen LogP contribution in [0.4, 0.5) is 0 Å². The van der Waals surface area contributed by atoms with E-state index in [0.717, 1.165) is 28.1 Å². The van der Waals surface area contributed by atoms with Crippen molar-refractivity contribution in [3.63, 3.8) is 0 Å². The molecule has 3 nitrogen and oxygen atoms in total. The molecule has 0 saturated heterocycles. The molecule has 0 amide bonds. The minimum Gasteiger partial charge on any atom is -0.309 e. The lowest BCUT2D eigenvalue weighted by molar-refractivity contribution is 1.16. The third-order valence-corrected chi connectivity index (χ3v) is 8.54. The van der Waals surface area contributed by atoms with Gasteiger partial charge in [-0.1, -0.05) is 103 Å². The van der Waals surface area contributed by atoms with E-state index in [9.17, 15) is 0 Å². The third-order valence-electron chi connectivity index (χ3n) is 8.54. The van der Waals surface area contributed by atoms with E-state index >= 15 is 0 Å². The summed E-state index contributed by atoms with van der Waals surface area (Å²) in [6.45, 7) is 0. The van der Waals surface area contributed by atoms with E-state index in [0.29, 0.717) is 0 Å². The summed E-state index contributed by atoms with van der Waals surface area (Å²) in [6, 6.07) is 52.1. The number of hydrogen-bond acceptors (Lipinski definition) is 1. The van der Waals surface area contributed by atoms with Crippen LogP contribution in [0.1, 0.15) is 0 Å². The molecule has 9 rings (SSSR count). The summed E-state index contributed by atoms with van der Waals surface area (Å²) >= 11 is 0. The fraction of sp³-hybridized carbons (Fsp3) is 0. The standard InChI is InChI=1S/C39H25N3/c1-2-13-28(14-3-1)41-35-19-8-7-16-31(35)33-23-24-40-37(39(33)41)34-18-10-17-32-30-15-6-9-20-36(30)42(38(32)34)29-22-21-26-11-4-5-12-27(26)25-29/h1-25H. The first-order chi connectivity index (χ1) is 20.9. The quantitative estimate of drug-likeness (QED) is 0.221. The Labute approximate surface area is 242 Å². The molecule has 0 radical (unpaired) electrons. The summed E-state index contributed by atoms with van der Waals surface area (Å²) in [5, 5.41) is 7.34. The van der Waals surface area contributed by atoms with E-state index in [1.54, 1.807) is 0 Å². The average molecular weight is 536 g/mol. The van der Waals surface area contributed by atoms with Crippen LogP contribution in [0.3, 0.4) is 0 Å². The minimum atomic E-state index is 0.975. The normalized spacial score (nSPS) is 11.8. The number of benzene rings is 6. The zero-order chi connectivity index (χ0) is 27.6. The second kappa shape index (κ2) is 8.92. The average Bonchev–Trinajstić information content (AvgIpc) is 3.58. The van der Waals surface area contributed by atoms with Gasteiger partial charge in [0.15, 0.2) is 0 Å². The highest BCUT2D eigenvalue weighted by Gasteiger charge is 2.22. The smallest absolute Gasteiger partial charge is 0.0970 e. The van der Waals surface area contributed by atoms with Gasteiger partial charge < -0.3 is 9.13 Å². The number of fused-ring (bicyclic) bond motifs is 7. The van der Waals surface area contributed by atoms with Crippen molar-refractivity contribution in [2.75, 3.05) is 0 Å². The van der Waals surface area contributed by atoms with Crippen molar-refractivity contribution >= 4 is 54.4 Å². The minimum absolute atomic E-state index is 0.975. The number of hydrogen-bond donors (Lipinski definition) is 0. The van der Waals surface area contributed by atoms with Gasteiger partial charge in [0.2, 0.25) is 0 Å². The fourth-order valence-electron chi connectivity index (χ4n) is 6.75. The van der Waals surface area contributed by atoms with E-state index in [2.05, 4.69) is 155 Å². The second-order valence-electron chi connectivity index (χ2n) is 10.8. The van der Waals surface area contributed by atoms with Crippen molar-refractivity contribution in [1.29, 1.82) is 0 Å². The molecule has 0 aliphatic carbocycles. The van der Waals surface area contributed by atoms with Crippen LogP contribution in [0, 0.1) is 0 Å². The molecule has 0 spiro atoms. The van der Waals surface area contributed by atoms with Gasteiger partial charge in [-0.25, -0.2) is 0 Å². The largest absolute Gasteiger partial charge is 0.309 e. The number of aromatic nitrogens is 3. The Hall–Kier alpha value is -5.67. The zero-order valence-corrected chi connectivity index (χ0v) is 22.8. The highest BCUT2D eigenvalue weighted by atomic mass is 15.0. The Balaban J connectivity index is 1.45. The number of para-hydroxylation sites is 4. The first-order valence-electron chi connectivity index (χ1n) is 14.3. The molecular weight excluding hydrogens is 510 g/mol. The van der Waals surface area contributed by atoms with E-state index in [1.165, 1.54) is 48.9 Å². The summed E-state index contributed by atoms with van der Waals surface area (Å²) in [7, 11) is 0. The van der Waals surface area contributed by atoms with Gasteiger partial charge >= 0.3 is 0 Å². The maximum absolute atomic E-state index is 5.13. The molecule has 0 fully saturated rings. The summed E-state index contributed by atoms with van der Waals surface area (Å²) in [5.41, 5.74) is 9.00. The van der Waals surface area contributed by atoms with Gasteiger partial charge in [-0.2, -0.15) is 0 Å². The van der Waals surface area contributed by atoms with Gasteiger partial charge in [-0.05, 0) is 53.2 Å². The van der Waals surface area contributed by atoms with Crippen molar-refractivity contribution in [2.24, 2.45) is 0 Å². The molecule has 0 unspecified atom stereocenters. The Kier molecular flexibility index (Phi) is 4.90. The van der Waals surface area contributed by atoms with Gasteiger partial charge in [-0.15, -0.1) is 0 Å². The van der Waals surface area contributed by atoms with E-state index in [4.69, 9.17) is 4.98 Å². The molecule has 3 aromatic heterocycles.